The molecule has 1 aliphatic heterocycles. The number of halogens is 1. The third kappa shape index (κ3) is 5.17. The molecule has 1 amide bonds. The van der Waals surface area contributed by atoms with Gasteiger partial charge in [0.25, 0.3) is 0 Å². The van der Waals surface area contributed by atoms with Crippen LogP contribution >= 0.6 is 23.8 Å². The van der Waals surface area contributed by atoms with Crippen LogP contribution in [0.25, 0.3) is 5.69 Å². The van der Waals surface area contributed by atoms with Crippen molar-refractivity contribution in [3.8, 4) is 5.69 Å². The maximum atomic E-state index is 12.9. The Balaban J connectivity index is 1.47. The Bertz CT molecular complexity index is 1470. The van der Waals surface area contributed by atoms with Crippen molar-refractivity contribution in [2.45, 2.75) is 39.3 Å². The number of amides is 1. The first-order valence-electron chi connectivity index (χ1n) is 12.6. The molecule has 1 saturated heterocycles. The summed E-state index contributed by atoms with van der Waals surface area (Å²) in [5, 5.41) is 7.78. The molecule has 1 fully saturated rings. The van der Waals surface area contributed by atoms with Gasteiger partial charge in [-0.25, -0.2) is 0 Å². The molecule has 0 spiro atoms. The molecule has 0 radical (unpaired) electrons. The SMILES string of the molecule is Cc1ccc(NC(=O)CCN2C(=S)NC(c3ccccn3)C2c2cc(C)n(-c3ccccc3Cl)c2C)cc1. The van der Waals surface area contributed by atoms with E-state index in [-0.39, 0.29) is 18.0 Å². The standard InChI is InChI=1S/C30H30ClN5OS/c1-19-11-13-22(14-12-19)33-27(37)15-17-35-29(28(34-30(35)38)25-9-6-7-16-32-25)23-18-20(2)36(21(23)3)26-10-5-4-8-24(26)31/h4-14,16,18,28-29H,15,17H2,1-3H3,(H,33,37)(H,34,38). The van der Waals surface area contributed by atoms with Crippen LogP contribution in [0.4, 0.5) is 5.69 Å². The number of carbonyl (C=O) groups excluding carboxylic acids is 1. The summed E-state index contributed by atoms with van der Waals surface area (Å²) in [6, 6.07) is 23.4. The Morgan fingerprint density at radius 1 is 1.05 bits per heavy atom. The van der Waals surface area contributed by atoms with E-state index in [1.807, 2.05) is 73.7 Å². The van der Waals surface area contributed by atoms with Crippen molar-refractivity contribution >= 4 is 40.5 Å². The molecule has 194 valence electrons. The fourth-order valence-corrected chi connectivity index (χ4v) is 5.71. The maximum absolute atomic E-state index is 12.9. The van der Waals surface area contributed by atoms with E-state index < -0.39 is 0 Å². The summed E-state index contributed by atoms with van der Waals surface area (Å²) < 4.78 is 2.18. The van der Waals surface area contributed by atoms with Gasteiger partial charge in [-0.2, -0.15) is 0 Å². The van der Waals surface area contributed by atoms with E-state index in [9.17, 15) is 4.79 Å². The maximum Gasteiger partial charge on any atom is 0.226 e. The molecular weight excluding hydrogens is 514 g/mol. The number of rotatable bonds is 7. The minimum Gasteiger partial charge on any atom is -0.352 e. The summed E-state index contributed by atoms with van der Waals surface area (Å²) >= 11 is 12.4. The Morgan fingerprint density at radius 2 is 1.79 bits per heavy atom. The summed E-state index contributed by atoms with van der Waals surface area (Å²) in [5.74, 6) is -0.0572. The number of hydrogen-bond donors (Lipinski definition) is 2. The number of carbonyl (C=O) groups is 1. The summed E-state index contributed by atoms with van der Waals surface area (Å²) in [7, 11) is 0. The molecule has 8 heteroatoms. The van der Waals surface area contributed by atoms with Gasteiger partial charge in [-0.3, -0.25) is 9.78 Å². The Kier molecular flexibility index (Phi) is 7.49. The van der Waals surface area contributed by atoms with E-state index in [1.54, 1.807) is 6.20 Å². The lowest BCUT2D eigenvalue weighted by molar-refractivity contribution is -0.116. The fraction of sp³-hybridized carbons (Fsp3) is 0.233. The monoisotopic (exact) mass is 543 g/mol. The third-order valence-corrected chi connectivity index (χ3v) is 7.67. The zero-order chi connectivity index (χ0) is 26.8. The van der Waals surface area contributed by atoms with Gasteiger partial charge in [0.1, 0.15) is 0 Å². The Hall–Kier alpha value is -3.68. The molecule has 2 aromatic carbocycles. The molecule has 2 N–H and O–H groups in total. The van der Waals surface area contributed by atoms with E-state index in [0.717, 1.165) is 39.6 Å². The number of thiocarbonyl (C=S) groups is 1. The topological polar surface area (TPSA) is 62.2 Å². The summed E-state index contributed by atoms with van der Waals surface area (Å²) in [6.45, 7) is 6.67. The van der Waals surface area contributed by atoms with Crippen molar-refractivity contribution in [1.29, 1.82) is 0 Å². The van der Waals surface area contributed by atoms with Gasteiger partial charge in [0.15, 0.2) is 5.11 Å². The highest BCUT2D eigenvalue weighted by molar-refractivity contribution is 7.80. The molecule has 5 rings (SSSR count). The fourth-order valence-electron chi connectivity index (χ4n) is 5.16. The summed E-state index contributed by atoms with van der Waals surface area (Å²) in [4.78, 5) is 19.6. The van der Waals surface area contributed by atoms with Crippen LogP contribution in [0.3, 0.4) is 0 Å². The second kappa shape index (κ2) is 11.0. The molecule has 0 bridgehead atoms. The second-order valence-electron chi connectivity index (χ2n) is 9.60. The first kappa shape index (κ1) is 25.9. The number of aromatic nitrogens is 2. The van der Waals surface area contributed by atoms with Gasteiger partial charge in [0.2, 0.25) is 5.91 Å². The van der Waals surface area contributed by atoms with E-state index >= 15 is 0 Å². The van der Waals surface area contributed by atoms with Gasteiger partial charge in [0, 0.05) is 36.2 Å². The molecule has 3 heterocycles. The highest BCUT2D eigenvalue weighted by Crippen LogP contribution is 2.41. The van der Waals surface area contributed by atoms with Crippen LogP contribution in [-0.4, -0.2) is 32.0 Å². The first-order chi connectivity index (χ1) is 18.3. The predicted octanol–water partition coefficient (Wildman–Crippen LogP) is 6.45. The molecule has 6 nitrogen and oxygen atoms in total. The number of pyridine rings is 1. The number of anilines is 1. The van der Waals surface area contributed by atoms with E-state index in [4.69, 9.17) is 23.8 Å². The highest BCUT2D eigenvalue weighted by atomic mass is 35.5. The number of benzene rings is 2. The van der Waals surface area contributed by atoms with E-state index in [1.165, 1.54) is 0 Å². The van der Waals surface area contributed by atoms with Crippen LogP contribution in [0.1, 0.15) is 46.7 Å². The van der Waals surface area contributed by atoms with Crippen molar-refractivity contribution in [2.75, 3.05) is 11.9 Å². The number of hydrogen-bond acceptors (Lipinski definition) is 3. The largest absolute Gasteiger partial charge is 0.352 e. The summed E-state index contributed by atoms with van der Waals surface area (Å²) in [6.07, 6.45) is 2.09. The van der Waals surface area contributed by atoms with Crippen LogP contribution in [0.5, 0.6) is 0 Å². The zero-order valence-electron chi connectivity index (χ0n) is 21.6. The number of nitrogens with one attached hydrogen (secondary N) is 2. The molecule has 4 aromatic rings. The summed E-state index contributed by atoms with van der Waals surface area (Å²) in [5.41, 5.74) is 7.02. The van der Waals surface area contributed by atoms with Crippen molar-refractivity contribution in [1.82, 2.24) is 19.8 Å². The quantitative estimate of drug-likeness (QED) is 0.262. The van der Waals surface area contributed by atoms with Crippen molar-refractivity contribution in [2.24, 2.45) is 0 Å². The first-order valence-corrected chi connectivity index (χ1v) is 13.4. The van der Waals surface area contributed by atoms with E-state index in [0.29, 0.717) is 23.1 Å². The van der Waals surface area contributed by atoms with Crippen LogP contribution < -0.4 is 10.6 Å². The predicted molar refractivity (Wildman–Crippen MR) is 157 cm³/mol. The van der Waals surface area contributed by atoms with Gasteiger partial charge >= 0.3 is 0 Å². The van der Waals surface area contributed by atoms with Crippen molar-refractivity contribution < 1.29 is 4.79 Å². The van der Waals surface area contributed by atoms with Crippen LogP contribution in [0, 0.1) is 20.8 Å². The van der Waals surface area contributed by atoms with Gasteiger partial charge in [-0.15, -0.1) is 0 Å². The molecular formula is C30H30ClN5OS. The molecule has 2 unspecified atom stereocenters. The van der Waals surface area contributed by atoms with Gasteiger partial charge in [-0.1, -0.05) is 47.5 Å². The normalized spacial score (nSPS) is 16.9. The lowest BCUT2D eigenvalue weighted by atomic mass is 9.96. The molecule has 0 aliphatic carbocycles. The number of nitrogens with zero attached hydrogens (tertiary/aromatic N) is 3. The molecule has 0 saturated carbocycles. The van der Waals surface area contributed by atoms with Crippen LogP contribution in [0.2, 0.25) is 5.02 Å². The highest BCUT2D eigenvalue weighted by Gasteiger charge is 2.41. The Labute approximate surface area is 233 Å². The third-order valence-electron chi connectivity index (χ3n) is 7.00. The lowest BCUT2D eigenvalue weighted by Crippen LogP contribution is -2.32. The molecule has 38 heavy (non-hydrogen) atoms. The molecule has 1 aliphatic rings. The number of para-hydroxylation sites is 1. The lowest BCUT2D eigenvalue weighted by Gasteiger charge is -2.28. The Morgan fingerprint density at radius 3 is 2.50 bits per heavy atom. The van der Waals surface area contributed by atoms with Crippen LogP contribution in [0.15, 0.2) is 79.0 Å². The zero-order valence-corrected chi connectivity index (χ0v) is 23.2. The molecule has 2 aromatic heterocycles. The average Bonchev–Trinajstić information content (AvgIpc) is 3.39. The minimum absolute atomic E-state index is 0.0572. The second-order valence-corrected chi connectivity index (χ2v) is 10.4. The van der Waals surface area contributed by atoms with Crippen molar-refractivity contribution in [3.05, 3.63) is 112 Å². The van der Waals surface area contributed by atoms with Crippen LogP contribution in [-0.2, 0) is 4.79 Å². The average molecular weight is 544 g/mol. The van der Waals surface area contributed by atoms with Gasteiger partial charge < -0.3 is 20.1 Å². The molecule has 2 atom stereocenters. The van der Waals surface area contributed by atoms with Crippen molar-refractivity contribution in [3.63, 3.8) is 0 Å². The minimum atomic E-state index is -0.163. The smallest absolute Gasteiger partial charge is 0.226 e. The van der Waals surface area contributed by atoms with E-state index in [2.05, 4.69) is 45.0 Å². The van der Waals surface area contributed by atoms with Gasteiger partial charge in [-0.05, 0) is 81.0 Å². The van der Waals surface area contributed by atoms with Gasteiger partial charge in [0.05, 0.1) is 28.5 Å². The number of aryl methyl sites for hydroxylation is 2.